The Morgan fingerprint density at radius 3 is 2.36 bits per heavy atom. The summed E-state index contributed by atoms with van der Waals surface area (Å²) in [6.07, 6.45) is 3.01. The number of aromatic hydroxyl groups is 1. The summed E-state index contributed by atoms with van der Waals surface area (Å²) in [5.74, 6) is -1.25. The molecule has 0 saturated carbocycles. The van der Waals surface area contributed by atoms with Gasteiger partial charge in [-0.05, 0) is 23.8 Å². The molecule has 2 rings (SSSR count). The predicted molar refractivity (Wildman–Crippen MR) is 105 cm³/mol. The molecule has 0 aromatic heterocycles. The Labute approximate surface area is 164 Å². The van der Waals surface area contributed by atoms with Crippen molar-refractivity contribution in [1.29, 1.82) is 0 Å². The minimum Gasteiger partial charge on any atom is -0.466 e. The van der Waals surface area contributed by atoms with Crippen molar-refractivity contribution >= 4 is 47.9 Å². The molecular weight excluding hydrogens is 431 g/mol. The molecule has 0 fully saturated rings. The van der Waals surface area contributed by atoms with Crippen LogP contribution in [-0.2, 0) is 18.1 Å². The molecule has 0 spiro atoms. The number of phenolic OH excluding ortho intramolecular Hbond substituents is 1. The Kier molecular flexibility index (Phi) is 8.53. The van der Waals surface area contributed by atoms with Crippen molar-refractivity contribution in [2.45, 2.75) is 6.92 Å². The van der Waals surface area contributed by atoms with E-state index in [1.54, 1.807) is 18.2 Å². The van der Waals surface area contributed by atoms with Crippen molar-refractivity contribution in [2.75, 3.05) is 18.2 Å². The van der Waals surface area contributed by atoms with Gasteiger partial charge in [0.25, 0.3) is 0 Å². The van der Waals surface area contributed by atoms with Crippen LogP contribution in [0.4, 0.5) is 11.4 Å². The molecule has 0 radical (unpaired) electrons. The Morgan fingerprint density at radius 1 is 1.18 bits per heavy atom. The molecule has 2 aromatic carbocycles. The summed E-state index contributed by atoms with van der Waals surface area (Å²) in [5.41, 5.74) is 6.88. The Hall–Kier alpha value is -3.00. The second kappa shape index (κ2) is 10.4. The summed E-state index contributed by atoms with van der Waals surface area (Å²) in [6.45, 7) is 1.18. The maximum Gasteiger partial charge on any atom is 0.330 e. The van der Waals surface area contributed by atoms with Crippen LogP contribution in [0, 0.1) is 0 Å². The van der Waals surface area contributed by atoms with E-state index in [1.807, 2.05) is 12.1 Å². The van der Waals surface area contributed by atoms with Crippen LogP contribution < -0.4 is 15.4 Å². The van der Waals surface area contributed by atoms with Crippen molar-refractivity contribution < 1.29 is 31.4 Å². The largest absolute Gasteiger partial charge is 0.466 e. The molecule has 0 heterocycles. The third kappa shape index (κ3) is 7.71. The van der Waals surface area contributed by atoms with Gasteiger partial charge in [-0.1, -0.05) is 12.1 Å². The molecule has 150 valence electrons. The van der Waals surface area contributed by atoms with E-state index in [9.17, 15) is 18.4 Å². The zero-order valence-corrected chi connectivity index (χ0v) is 17.1. The molecule has 0 atom stereocenters. The number of nitrogen functional groups attached to an aromatic ring is 1. The third-order valence-corrected chi connectivity index (χ3v) is 5.26. The monoisotopic (exact) mass is 452 g/mol. The summed E-state index contributed by atoms with van der Waals surface area (Å²) in [5, 5.41) is 11.5. The normalized spacial score (nSPS) is 10.7. The summed E-state index contributed by atoms with van der Waals surface area (Å²) in [6, 6.07) is 11.0. The van der Waals surface area contributed by atoms with E-state index in [0.29, 0.717) is 5.69 Å². The third-order valence-electron chi connectivity index (χ3n) is 3.16. The van der Waals surface area contributed by atoms with Gasteiger partial charge in [0.2, 0.25) is 0 Å². The van der Waals surface area contributed by atoms with Crippen molar-refractivity contribution in [1.82, 2.24) is 0 Å². The van der Waals surface area contributed by atoms with E-state index in [2.05, 4.69) is 10.1 Å². The molecular formula is C18H21AsN2O7. The fourth-order valence-electron chi connectivity index (χ4n) is 1.97. The molecule has 28 heavy (non-hydrogen) atoms. The number of rotatable bonds is 4. The summed E-state index contributed by atoms with van der Waals surface area (Å²) in [7, 11) is 1.34. The van der Waals surface area contributed by atoms with Crippen LogP contribution in [0.5, 0.6) is 5.75 Å². The summed E-state index contributed by atoms with van der Waals surface area (Å²) >= 11 is -5.14. The molecule has 9 nitrogen and oxygen atoms in total. The number of nitrogens with one attached hydrogen (secondary N) is 1. The number of carbonyl (C=O) groups is 2. The van der Waals surface area contributed by atoms with E-state index in [4.69, 9.17) is 13.9 Å². The maximum atomic E-state index is 11.1. The van der Waals surface area contributed by atoms with Gasteiger partial charge in [-0.25, -0.2) is 4.79 Å². The minimum absolute atomic E-state index is 0.225. The van der Waals surface area contributed by atoms with E-state index in [1.165, 1.54) is 38.3 Å². The van der Waals surface area contributed by atoms with Crippen LogP contribution >= 0.6 is 0 Å². The van der Waals surface area contributed by atoms with Gasteiger partial charge in [-0.3, -0.25) is 0 Å². The summed E-state index contributed by atoms with van der Waals surface area (Å²) in [4.78, 5) is 21.5. The van der Waals surface area contributed by atoms with Crippen LogP contribution in [0.2, 0.25) is 0 Å². The van der Waals surface area contributed by atoms with E-state index in [0.717, 1.165) is 5.56 Å². The SMILES string of the molecule is CC(=O)Nc1c(O)cccc1[As](=O)(O)O.COC(=O)C=Cc1cccc(N)c1. The average molecular weight is 452 g/mol. The van der Waals surface area contributed by atoms with Gasteiger partial charge >= 0.3 is 94.1 Å². The number of phenols is 1. The summed E-state index contributed by atoms with van der Waals surface area (Å²) < 4.78 is 33.2. The first-order valence-corrected chi connectivity index (χ1v) is 11.2. The number of methoxy groups -OCH3 is 1. The predicted octanol–water partition coefficient (Wildman–Crippen LogP) is 0.367. The fourth-order valence-corrected chi connectivity index (χ4v) is 3.53. The Morgan fingerprint density at radius 2 is 1.82 bits per heavy atom. The van der Waals surface area contributed by atoms with Gasteiger partial charge in [0.05, 0.1) is 7.11 Å². The zero-order valence-electron chi connectivity index (χ0n) is 15.2. The van der Waals surface area contributed by atoms with Crippen LogP contribution in [-0.4, -0.2) is 46.5 Å². The zero-order chi connectivity index (χ0) is 21.3. The Balaban J connectivity index is 0.000000283. The van der Waals surface area contributed by atoms with E-state index >= 15 is 0 Å². The van der Waals surface area contributed by atoms with Gasteiger partial charge in [-0.2, -0.15) is 0 Å². The number of nitrogens with two attached hydrogens (primary N) is 1. The first kappa shape index (κ1) is 23.0. The first-order valence-electron chi connectivity index (χ1n) is 7.82. The number of anilines is 2. The van der Waals surface area contributed by atoms with Gasteiger partial charge in [0.1, 0.15) is 0 Å². The molecule has 0 aliphatic heterocycles. The number of hydrogen-bond donors (Lipinski definition) is 5. The molecule has 0 unspecified atom stereocenters. The minimum atomic E-state index is -5.14. The van der Waals surface area contributed by atoms with Crippen molar-refractivity contribution in [3.63, 3.8) is 0 Å². The molecule has 0 bridgehead atoms. The van der Waals surface area contributed by atoms with Crippen LogP contribution in [0.1, 0.15) is 12.5 Å². The molecule has 10 heteroatoms. The maximum absolute atomic E-state index is 11.1. The molecule has 2 aromatic rings. The number of amides is 1. The van der Waals surface area contributed by atoms with Crippen molar-refractivity contribution in [3.05, 3.63) is 54.1 Å². The first-order chi connectivity index (χ1) is 13.0. The van der Waals surface area contributed by atoms with Gasteiger partial charge in [-0.15, -0.1) is 0 Å². The fraction of sp³-hybridized carbons (Fsp3) is 0.111. The van der Waals surface area contributed by atoms with Gasteiger partial charge in [0, 0.05) is 11.8 Å². The number of benzene rings is 2. The van der Waals surface area contributed by atoms with E-state index < -0.39 is 20.1 Å². The number of carbonyl (C=O) groups excluding carboxylic acids is 2. The topological polar surface area (TPSA) is 159 Å². The van der Waals surface area contributed by atoms with Gasteiger partial charge in [0.15, 0.2) is 0 Å². The second-order valence-corrected chi connectivity index (χ2v) is 8.72. The van der Waals surface area contributed by atoms with Gasteiger partial charge < -0.3 is 10.5 Å². The van der Waals surface area contributed by atoms with E-state index in [-0.39, 0.29) is 21.8 Å². The number of ether oxygens (including phenoxy) is 1. The molecule has 0 aliphatic rings. The number of para-hydroxylation sites is 1. The van der Waals surface area contributed by atoms with Crippen LogP contribution in [0.25, 0.3) is 6.08 Å². The molecule has 0 aliphatic carbocycles. The molecule has 0 saturated heterocycles. The second-order valence-electron chi connectivity index (χ2n) is 5.42. The van der Waals surface area contributed by atoms with Crippen molar-refractivity contribution in [2.24, 2.45) is 0 Å². The average Bonchev–Trinajstić information content (AvgIpc) is 2.60. The molecule has 1 amide bonds. The number of hydrogen-bond acceptors (Lipinski definition) is 6. The van der Waals surface area contributed by atoms with Crippen LogP contribution in [0.15, 0.2) is 48.5 Å². The standard InChI is InChI=1S/C10H11NO2.C8H10AsNO5/c1-13-10(12)6-5-8-3-2-4-9(11)7-8;1-5(11)10-8-6(9(13,14)15)3-2-4-7(8)12/h2-7H,11H2,1H3;2-4,12H,1H3,(H,10,11)(H2,13,14,15). The molecule has 6 N–H and O–H groups in total. The van der Waals surface area contributed by atoms with Crippen LogP contribution in [0.3, 0.4) is 0 Å². The quantitative estimate of drug-likeness (QED) is 0.146. The van der Waals surface area contributed by atoms with Crippen molar-refractivity contribution in [3.8, 4) is 5.75 Å². The smallest absolute Gasteiger partial charge is 0.330 e. The number of esters is 1. The Bertz CT molecular complexity index is 922.